The van der Waals surface area contributed by atoms with Crippen molar-refractivity contribution in [3.63, 3.8) is 0 Å². The minimum Gasteiger partial charge on any atom is -0.457 e. The highest BCUT2D eigenvalue weighted by Crippen LogP contribution is 2.35. The van der Waals surface area contributed by atoms with Gasteiger partial charge in [0, 0.05) is 32.9 Å². The van der Waals surface area contributed by atoms with Gasteiger partial charge in [0.25, 0.3) is 0 Å². The predicted octanol–water partition coefficient (Wildman–Crippen LogP) is 7.62. The minimum absolute atomic E-state index is 0.566. The van der Waals surface area contributed by atoms with Gasteiger partial charge in [0.15, 0.2) is 5.82 Å². The van der Waals surface area contributed by atoms with Crippen LogP contribution in [0.1, 0.15) is 10.4 Å². The Bertz CT molecular complexity index is 1770. The Hall–Kier alpha value is -4.80. The second-order valence-electron chi connectivity index (χ2n) is 8.26. The number of ether oxygens (including phenoxy) is 1. The molecule has 1 N–H and O–H groups in total. The fourth-order valence-electron chi connectivity index (χ4n) is 4.09. The molecular weight excluding hydrogens is 466 g/mol. The molecule has 0 radical (unpaired) electrons. The minimum atomic E-state index is 0.566. The lowest BCUT2D eigenvalue weighted by molar-refractivity contribution is 0.488. The number of pyridine rings is 1. The zero-order chi connectivity index (χ0) is 24.5. The van der Waals surface area contributed by atoms with Crippen molar-refractivity contribution in [2.24, 2.45) is 0 Å². The summed E-state index contributed by atoms with van der Waals surface area (Å²) in [5, 5.41) is 24.5. The first-order chi connectivity index (χ1) is 17.7. The largest absolute Gasteiger partial charge is 0.457 e. The van der Waals surface area contributed by atoms with Crippen molar-refractivity contribution in [1.29, 1.82) is 5.26 Å². The Morgan fingerprint density at radius 1 is 0.861 bits per heavy atom. The fourth-order valence-corrected chi connectivity index (χ4v) is 4.96. The number of benzene rings is 3. The molecule has 0 aliphatic rings. The van der Waals surface area contributed by atoms with Gasteiger partial charge in [0.05, 0.1) is 22.0 Å². The molecule has 6 rings (SSSR count). The number of hydrogen-bond acceptors (Lipinski definition) is 7. The van der Waals surface area contributed by atoms with E-state index in [4.69, 9.17) is 10.00 Å². The first-order valence-electron chi connectivity index (χ1n) is 11.3. The highest BCUT2D eigenvalue weighted by molar-refractivity contribution is 7.15. The Labute approximate surface area is 211 Å². The van der Waals surface area contributed by atoms with Crippen LogP contribution >= 0.6 is 11.3 Å². The first-order valence-corrected chi connectivity index (χ1v) is 12.2. The number of thiophene rings is 1. The van der Waals surface area contributed by atoms with Crippen LogP contribution in [0.25, 0.3) is 32.2 Å². The molecule has 0 aliphatic carbocycles. The molecular formula is C29H19N5OS. The number of hydrogen-bond donors (Lipinski definition) is 1. The topological polar surface area (TPSA) is 83.7 Å². The predicted molar refractivity (Wildman–Crippen MR) is 144 cm³/mol. The highest BCUT2D eigenvalue weighted by Gasteiger charge is 2.13. The van der Waals surface area contributed by atoms with E-state index in [1.165, 1.54) is 4.88 Å². The van der Waals surface area contributed by atoms with Gasteiger partial charge in [-0.05, 0) is 67.6 Å². The standard InChI is InChI=1S/C29H19N5OS/c1-18-6-13-27(36-18)28-22-4-2-3-5-23(22)29(34-33-28)32-20-8-10-21(11-9-20)35-26-14-15-31-25-16-19(17-30)7-12-24(25)26/h2-16H,1H3,(H,32,34). The van der Waals surface area contributed by atoms with E-state index in [9.17, 15) is 0 Å². The van der Waals surface area contributed by atoms with Gasteiger partial charge in [-0.3, -0.25) is 4.98 Å². The molecule has 0 saturated heterocycles. The average molecular weight is 486 g/mol. The quantitative estimate of drug-likeness (QED) is 0.270. The maximum absolute atomic E-state index is 9.14. The second-order valence-corrected chi connectivity index (χ2v) is 9.55. The van der Waals surface area contributed by atoms with Crippen molar-refractivity contribution in [1.82, 2.24) is 15.2 Å². The van der Waals surface area contributed by atoms with Crippen LogP contribution in [0.3, 0.4) is 0 Å². The molecule has 172 valence electrons. The van der Waals surface area contributed by atoms with E-state index >= 15 is 0 Å². The number of rotatable bonds is 5. The van der Waals surface area contributed by atoms with Crippen LogP contribution in [-0.2, 0) is 0 Å². The van der Waals surface area contributed by atoms with Gasteiger partial charge in [0.2, 0.25) is 0 Å². The lowest BCUT2D eigenvalue weighted by Crippen LogP contribution is -1.98. The maximum atomic E-state index is 9.14. The molecule has 0 aliphatic heterocycles. The SMILES string of the molecule is Cc1ccc(-c2nnc(Nc3ccc(Oc4ccnc5cc(C#N)ccc45)cc3)c3ccccc23)s1. The number of nitrogens with one attached hydrogen (secondary N) is 1. The van der Waals surface area contributed by atoms with Gasteiger partial charge in [-0.15, -0.1) is 21.5 Å². The van der Waals surface area contributed by atoms with Crippen LogP contribution in [0, 0.1) is 18.3 Å². The van der Waals surface area contributed by atoms with E-state index in [0.717, 1.165) is 37.9 Å². The summed E-state index contributed by atoms with van der Waals surface area (Å²) in [6, 6.07) is 29.4. The van der Waals surface area contributed by atoms with Crippen molar-refractivity contribution >= 4 is 44.5 Å². The van der Waals surface area contributed by atoms with Crippen molar-refractivity contribution in [3.8, 4) is 28.1 Å². The highest BCUT2D eigenvalue weighted by atomic mass is 32.1. The summed E-state index contributed by atoms with van der Waals surface area (Å²) in [7, 11) is 0. The van der Waals surface area contributed by atoms with Gasteiger partial charge in [-0.2, -0.15) is 5.26 Å². The number of nitrogens with zero attached hydrogens (tertiary/aromatic N) is 4. The van der Waals surface area contributed by atoms with Gasteiger partial charge < -0.3 is 10.1 Å². The fraction of sp³-hybridized carbons (Fsp3) is 0.0345. The molecule has 0 saturated carbocycles. The second kappa shape index (κ2) is 9.10. The van der Waals surface area contributed by atoms with E-state index in [2.05, 4.69) is 57.8 Å². The zero-order valence-corrected chi connectivity index (χ0v) is 20.1. The molecule has 6 aromatic rings. The number of fused-ring (bicyclic) bond motifs is 2. The van der Waals surface area contributed by atoms with Crippen LogP contribution in [0.2, 0.25) is 0 Å². The molecule has 0 spiro atoms. The molecule has 3 heterocycles. The third kappa shape index (κ3) is 4.11. The van der Waals surface area contributed by atoms with Gasteiger partial charge >= 0.3 is 0 Å². The molecule has 3 aromatic heterocycles. The van der Waals surface area contributed by atoms with E-state index in [1.807, 2.05) is 48.5 Å². The molecule has 0 amide bonds. The smallest absolute Gasteiger partial charge is 0.161 e. The van der Waals surface area contributed by atoms with Crippen molar-refractivity contribution < 1.29 is 4.74 Å². The van der Waals surface area contributed by atoms with E-state index in [0.29, 0.717) is 22.9 Å². The molecule has 6 nitrogen and oxygen atoms in total. The summed E-state index contributed by atoms with van der Waals surface area (Å²) in [5.74, 6) is 2.07. The Morgan fingerprint density at radius 3 is 2.47 bits per heavy atom. The summed E-state index contributed by atoms with van der Waals surface area (Å²) < 4.78 is 6.13. The van der Waals surface area contributed by atoms with Crippen LogP contribution < -0.4 is 10.1 Å². The number of nitriles is 1. The Morgan fingerprint density at radius 2 is 1.69 bits per heavy atom. The lowest BCUT2D eigenvalue weighted by Gasteiger charge is -2.12. The van der Waals surface area contributed by atoms with E-state index < -0.39 is 0 Å². The third-order valence-electron chi connectivity index (χ3n) is 5.84. The zero-order valence-electron chi connectivity index (χ0n) is 19.3. The van der Waals surface area contributed by atoms with Crippen molar-refractivity contribution in [2.75, 3.05) is 5.32 Å². The van der Waals surface area contributed by atoms with Crippen LogP contribution in [0.4, 0.5) is 11.5 Å². The van der Waals surface area contributed by atoms with Gasteiger partial charge in [0.1, 0.15) is 17.2 Å². The van der Waals surface area contributed by atoms with E-state index in [-0.39, 0.29) is 0 Å². The summed E-state index contributed by atoms with van der Waals surface area (Å²) in [6.07, 6.45) is 1.68. The van der Waals surface area contributed by atoms with Gasteiger partial charge in [-0.25, -0.2) is 0 Å². The van der Waals surface area contributed by atoms with E-state index in [1.54, 1.807) is 29.7 Å². The van der Waals surface area contributed by atoms with Crippen molar-refractivity contribution in [3.05, 3.63) is 102 Å². The molecule has 7 heteroatoms. The normalized spacial score (nSPS) is 10.9. The van der Waals surface area contributed by atoms with Crippen molar-refractivity contribution in [2.45, 2.75) is 6.92 Å². The summed E-state index contributed by atoms with van der Waals surface area (Å²) in [6.45, 7) is 2.09. The molecule has 0 atom stereocenters. The number of anilines is 2. The van der Waals surface area contributed by atoms with Gasteiger partial charge in [-0.1, -0.05) is 24.3 Å². The number of aromatic nitrogens is 3. The summed E-state index contributed by atoms with van der Waals surface area (Å²) >= 11 is 1.72. The lowest BCUT2D eigenvalue weighted by atomic mass is 10.1. The molecule has 3 aromatic carbocycles. The molecule has 0 unspecified atom stereocenters. The average Bonchev–Trinajstić information content (AvgIpc) is 3.35. The summed E-state index contributed by atoms with van der Waals surface area (Å²) in [4.78, 5) is 6.70. The van der Waals surface area contributed by atoms with Crippen LogP contribution in [-0.4, -0.2) is 15.2 Å². The van der Waals surface area contributed by atoms with Crippen LogP contribution in [0.15, 0.2) is 91.1 Å². The monoisotopic (exact) mass is 485 g/mol. The molecule has 0 fully saturated rings. The molecule has 36 heavy (non-hydrogen) atoms. The maximum Gasteiger partial charge on any atom is 0.161 e. The third-order valence-corrected chi connectivity index (χ3v) is 6.85. The van der Waals surface area contributed by atoms with Crippen LogP contribution in [0.5, 0.6) is 11.5 Å². The summed E-state index contributed by atoms with van der Waals surface area (Å²) in [5.41, 5.74) is 3.05. The number of aryl methyl sites for hydroxylation is 1. The first kappa shape index (κ1) is 21.7. The molecule has 0 bridgehead atoms. The Kier molecular flexibility index (Phi) is 5.49. The Balaban J connectivity index is 1.27.